The summed E-state index contributed by atoms with van der Waals surface area (Å²) in [6.45, 7) is 5.82. The number of nitrogens with one attached hydrogen (secondary N) is 1. The summed E-state index contributed by atoms with van der Waals surface area (Å²) < 4.78 is 0. The van der Waals surface area contributed by atoms with Gasteiger partial charge >= 0.3 is 0 Å². The van der Waals surface area contributed by atoms with Crippen molar-refractivity contribution in [3.05, 3.63) is 65.2 Å². The Morgan fingerprint density at radius 1 is 1.08 bits per heavy atom. The molecule has 1 heterocycles. The lowest BCUT2D eigenvalue weighted by atomic mass is 10.1. The van der Waals surface area contributed by atoms with Gasteiger partial charge in [0.25, 0.3) is 0 Å². The van der Waals surface area contributed by atoms with Gasteiger partial charge in [-0.2, -0.15) is 0 Å². The predicted octanol–water partition coefficient (Wildman–Crippen LogP) is 3.90. The van der Waals surface area contributed by atoms with E-state index in [9.17, 15) is 9.59 Å². The molecule has 0 radical (unpaired) electrons. The minimum Gasteiger partial charge on any atom is -0.324 e. The Morgan fingerprint density at radius 3 is 2.24 bits per heavy atom. The van der Waals surface area contributed by atoms with E-state index in [0.717, 1.165) is 16.8 Å². The number of nitrogens with zero attached hydrogens (tertiary/aromatic N) is 1. The summed E-state index contributed by atoms with van der Waals surface area (Å²) >= 11 is 1.57. The molecule has 2 aromatic carbocycles. The van der Waals surface area contributed by atoms with E-state index < -0.39 is 6.04 Å². The summed E-state index contributed by atoms with van der Waals surface area (Å²) in [4.78, 5) is 26.7. The minimum absolute atomic E-state index is 0.00197. The Bertz CT molecular complexity index is 771. The van der Waals surface area contributed by atoms with Crippen molar-refractivity contribution in [3.8, 4) is 0 Å². The molecule has 2 amide bonds. The topological polar surface area (TPSA) is 49.4 Å². The fourth-order valence-corrected chi connectivity index (χ4v) is 4.11. The number of thioether (sulfide) groups is 1. The molecule has 1 saturated heterocycles. The van der Waals surface area contributed by atoms with Gasteiger partial charge in [0.15, 0.2) is 0 Å². The number of aryl methyl sites for hydroxylation is 2. The zero-order valence-corrected chi connectivity index (χ0v) is 15.5. The van der Waals surface area contributed by atoms with Crippen molar-refractivity contribution >= 4 is 29.3 Å². The van der Waals surface area contributed by atoms with Gasteiger partial charge in [-0.05, 0) is 38.5 Å². The molecular weight excluding hydrogens is 332 g/mol. The quantitative estimate of drug-likeness (QED) is 0.906. The third-order valence-corrected chi connectivity index (χ3v) is 5.61. The molecule has 2 aromatic rings. The summed E-state index contributed by atoms with van der Waals surface area (Å²) in [5, 5.41) is 2.79. The van der Waals surface area contributed by atoms with Crippen LogP contribution < -0.4 is 5.32 Å². The molecule has 3 rings (SSSR count). The number of benzene rings is 2. The Labute approximate surface area is 152 Å². The fourth-order valence-electron chi connectivity index (χ4n) is 2.85. The van der Waals surface area contributed by atoms with Crippen molar-refractivity contribution in [1.29, 1.82) is 0 Å². The normalized spacial score (nSPS) is 18.3. The number of rotatable bonds is 4. The molecule has 0 unspecified atom stereocenters. The maximum absolute atomic E-state index is 12.6. The molecule has 0 aliphatic carbocycles. The van der Waals surface area contributed by atoms with Gasteiger partial charge in [0, 0.05) is 5.69 Å². The fraction of sp³-hybridized carbons (Fsp3) is 0.300. The molecule has 1 aliphatic heterocycles. The third-order valence-electron chi connectivity index (χ3n) is 4.38. The molecule has 2 atom stereocenters. The summed E-state index contributed by atoms with van der Waals surface area (Å²) in [5.74, 6) is 0.236. The number of hydrogen-bond donors (Lipinski definition) is 1. The SMILES string of the molecule is Cc1ccc(NC(=O)[C@@H](C)N2C(=O)CS[C@H]2c2ccc(C)cc2)cc1. The first-order valence-electron chi connectivity index (χ1n) is 8.32. The highest BCUT2D eigenvalue weighted by Crippen LogP contribution is 2.40. The van der Waals surface area contributed by atoms with Crippen LogP contribution in [0.25, 0.3) is 0 Å². The number of carbonyl (C=O) groups is 2. The smallest absolute Gasteiger partial charge is 0.246 e. The molecular formula is C20H22N2O2S. The van der Waals surface area contributed by atoms with Crippen molar-refractivity contribution in [2.24, 2.45) is 0 Å². The highest BCUT2D eigenvalue weighted by atomic mass is 32.2. The van der Waals surface area contributed by atoms with Gasteiger partial charge in [-0.15, -0.1) is 11.8 Å². The molecule has 1 fully saturated rings. The Kier molecular flexibility index (Phi) is 5.13. The summed E-state index contributed by atoms with van der Waals surface area (Å²) in [7, 11) is 0. The van der Waals surface area contributed by atoms with E-state index in [4.69, 9.17) is 0 Å². The van der Waals surface area contributed by atoms with Gasteiger partial charge in [-0.3, -0.25) is 9.59 Å². The molecule has 5 heteroatoms. The molecule has 0 saturated carbocycles. The lowest BCUT2D eigenvalue weighted by Crippen LogP contribution is -2.44. The highest BCUT2D eigenvalue weighted by molar-refractivity contribution is 8.00. The van der Waals surface area contributed by atoms with Crippen LogP contribution in [0.3, 0.4) is 0 Å². The highest BCUT2D eigenvalue weighted by Gasteiger charge is 2.38. The van der Waals surface area contributed by atoms with Crippen molar-refractivity contribution < 1.29 is 9.59 Å². The van der Waals surface area contributed by atoms with Crippen LogP contribution in [0.4, 0.5) is 5.69 Å². The van der Waals surface area contributed by atoms with E-state index in [-0.39, 0.29) is 17.2 Å². The number of carbonyl (C=O) groups excluding carboxylic acids is 2. The monoisotopic (exact) mass is 354 g/mol. The summed E-state index contributed by atoms with van der Waals surface area (Å²) in [6.07, 6.45) is 0. The van der Waals surface area contributed by atoms with E-state index in [2.05, 4.69) is 5.32 Å². The Morgan fingerprint density at radius 2 is 1.64 bits per heavy atom. The Balaban J connectivity index is 1.77. The van der Waals surface area contributed by atoms with E-state index >= 15 is 0 Å². The second kappa shape index (κ2) is 7.31. The number of amides is 2. The second-order valence-electron chi connectivity index (χ2n) is 6.41. The largest absolute Gasteiger partial charge is 0.324 e. The average molecular weight is 354 g/mol. The van der Waals surface area contributed by atoms with Crippen LogP contribution in [0.1, 0.15) is 29.0 Å². The van der Waals surface area contributed by atoms with Crippen LogP contribution in [0.2, 0.25) is 0 Å². The summed E-state index contributed by atoms with van der Waals surface area (Å²) in [5.41, 5.74) is 4.11. The van der Waals surface area contributed by atoms with Gasteiger partial charge in [-0.1, -0.05) is 47.5 Å². The van der Waals surface area contributed by atoms with Gasteiger partial charge in [0.1, 0.15) is 11.4 Å². The van der Waals surface area contributed by atoms with Crippen LogP contribution in [-0.2, 0) is 9.59 Å². The lowest BCUT2D eigenvalue weighted by Gasteiger charge is -2.29. The van der Waals surface area contributed by atoms with Crippen LogP contribution in [-0.4, -0.2) is 28.5 Å². The Hall–Kier alpha value is -2.27. The predicted molar refractivity (Wildman–Crippen MR) is 102 cm³/mol. The summed E-state index contributed by atoms with van der Waals surface area (Å²) in [6, 6.07) is 15.2. The second-order valence-corrected chi connectivity index (χ2v) is 7.47. The van der Waals surface area contributed by atoms with Crippen molar-refractivity contribution in [1.82, 2.24) is 4.90 Å². The van der Waals surface area contributed by atoms with Crippen molar-refractivity contribution in [2.75, 3.05) is 11.1 Å². The maximum atomic E-state index is 12.6. The molecule has 0 spiro atoms. The first-order valence-corrected chi connectivity index (χ1v) is 9.37. The molecule has 4 nitrogen and oxygen atoms in total. The lowest BCUT2D eigenvalue weighted by molar-refractivity contribution is -0.135. The molecule has 130 valence electrons. The van der Waals surface area contributed by atoms with Crippen LogP contribution in [0, 0.1) is 13.8 Å². The van der Waals surface area contributed by atoms with Crippen LogP contribution in [0.15, 0.2) is 48.5 Å². The van der Waals surface area contributed by atoms with E-state index in [0.29, 0.717) is 5.75 Å². The molecule has 25 heavy (non-hydrogen) atoms. The van der Waals surface area contributed by atoms with Gasteiger partial charge < -0.3 is 10.2 Å². The van der Waals surface area contributed by atoms with Gasteiger partial charge in [0.05, 0.1) is 5.75 Å². The molecule has 1 N–H and O–H groups in total. The minimum atomic E-state index is -0.532. The average Bonchev–Trinajstić information content (AvgIpc) is 2.98. The van der Waals surface area contributed by atoms with E-state index in [1.54, 1.807) is 23.6 Å². The number of anilines is 1. The van der Waals surface area contributed by atoms with Crippen molar-refractivity contribution in [3.63, 3.8) is 0 Å². The van der Waals surface area contributed by atoms with Crippen LogP contribution >= 0.6 is 11.8 Å². The van der Waals surface area contributed by atoms with Crippen molar-refractivity contribution in [2.45, 2.75) is 32.2 Å². The third kappa shape index (κ3) is 3.87. The van der Waals surface area contributed by atoms with Crippen LogP contribution in [0.5, 0.6) is 0 Å². The first kappa shape index (κ1) is 17.5. The molecule has 1 aliphatic rings. The number of hydrogen-bond acceptors (Lipinski definition) is 3. The van der Waals surface area contributed by atoms with E-state index in [1.165, 1.54) is 5.56 Å². The molecule has 0 bridgehead atoms. The van der Waals surface area contributed by atoms with E-state index in [1.807, 2.05) is 62.4 Å². The maximum Gasteiger partial charge on any atom is 0.246 e. The zero-order valence-electron chi connectivity index (χ0n) is 14.7. The standard InChI is InChI=1S/C20H22N2O2S/c1-13-4-8-16(9-5-13)20-22(18(23)12-25-20)15(3)19(24)21-17-10-6-14(2)7-11-17/h4-11,15,20H,12H2,1-3H3,(H,21,24)/t15-,20+/m1/s1. The van der Waals surface area contributed by atoms with Gasteiger partial charge in [-0.25, -0.2) is 0 Å². The molecule has 0 aromatic heterocycles. The van der Waals surface area contributed by atoms with Gasteiger partial charge in [0.2, 0.25) is 11.8 Å². The first-order chi connectivity index (χ1) is 12.0. The zero-order chi connectivity index (χ0) is 18.0.